The summed E-state index contributed by atoms with van der Waals surface area (Å²) in [5.41, 5.74) is 8.93. The molecule has 0 amide bonds. The molecule has 7 rings (SSSR count). The van der Waals surface area contributed by atoms with Gasteiger partial charge in [0.2, 0.25) is 0 Å². The highest BCUT2D eigenvalue weighted by Crippen LogP contribution is 2.65. The fraction of sp³-hybridized carbons (Fsp3) is 0.0909. The summed E-state index contributed by atoms with van der Waals surface area (Å²) in [5, 5.41) is 19.7. The van der Waals surface area contributed by atoms with Crippen molar-refractivity contribution in [2.75, 3.05) is 4.90 Å². The SMILES string of the molecule is N#CC1=CC2C(C=C1)c1ccc(C#N)cc1C21c2ccccc2N(c2ccccc2)c2ccccc21. The van der Waals surface area contributed by atoms with Gasteiger partial charge < -0.3 is 4.90 Å². The highest BCUT2D eigenvalue weighted by Gasteiger charge is 2.57. The van der Waals surface area contributed by atoms with Crippen LogP contribution >= 0.6 is 0 Å². The van der Waals surface area contributed by atoms with Crippen LogP contribution in [-0.4, -0.2) is 0 Å². The van der Waals surface area contributed by atoms with Gasteiger partial charge in [0, 0.05) is 23.1 Å². The Balaban J connectivity index is 1.64. The first-order chi connectivity index (χ1) is 17.8. The molecule has 0 saturated heterocycles. The molecule has 1 spiro atoms. The Hall–Kier alpha value is -4.86. The van der Waals surface area contributed by atoms with Gasteiger partial charge in [-0.05, 0) is 64.7 Å². The van der Waals surface area contributed by atoms with Gasteiger partial charge in [0.25, 0.3) is 0 Å². The summed E-state index contributed by atoms with van der Waals surface area (Å²) >= 11 is 0. The summed E-state index contributed by atoms with van der Waals surface area (Å²) in [4.78, 5) is 2.34. The van der Waals surface area contributed by atoms with E-state index in [0.717, 1.165) is 22.6 Å². The summed E-state index contributed by atoms with van der Waals surface area (Å²) in [6.45, 7) is 0. The summed E-state index contributed by atoms with van der Waals surface area (Å²) in [6.07, 6.45) is 6.28. The van der Waals surface area contributed by atoms with Gasteiger partial charge in [-0.15, -0.1) is 0 Å². The van der Waals surface area contributed by atoms with Crippen LogP contribution in [0.2, 0.25) is 0 Å². The molecule has 0 bridgehead atoms. The number of anilines is 3. The molecule has 0 radical (unpaired) electrons. The molecular formula is C33H21N3. The number of nitrogens with zero attached hydrogens (tertiary/aromatic N) is 3. The molecule has 4 aromatic carbocycles. The third-order valence-electron chi connectivity index (χ3n) is 7.98. The molecule has 0 aromatic heterocycles. The third-order valence-corrected chi connectivity index (χ3v) is 7.98. The second-order valence-corrected chi connectivity index (χ2v) is 9.57. The summed E-state index contributed by atoms with van der Waals surface area (Å²) in [7, 11) is 0. The Morgan fingerprint density at radius 3 is 2.03 bits per heavy atom. The number of benzene rings is 4. The smallest absolute Gasteiger partial charge is 0.0991 e. The maximum Gasteiger partial charge on any atom is 0.0991 e. The molecule has 1 heterocycles. The Morgan fingerprint density at radius 1 is 0.694 bits per heavy atom. The second-order valence-electron chi connectivity index (χ2n) is 9.57. The highest BCUT2D eigenvalue weighted by molar-refractivity contribution is 5.89. The lowest BCUT2D eigenvalue weighted by atomic mass is 9.60. The Morgan fingerprint density at radius 2 is 1.36 bits per heavy atom. The lowest BCUT2D eigenvalue weighted by Gasteiger charge is -2.47. The number of fused-ring (bicyclic) bond motifs is 9. The van der Waals surface area contributed by atoms with E-state index in [2.05, 4.69) is 114 Å². The van der Waals surface area contributed by atoms with Crippen LogP contribution in [0.25, 0.3) is 0 Å². The predicted octanol–water partition coefficient (Wildman–Crippen LogP) is 7.41. The fourth-order valence-corrected chi connectivity index (χ4v) is 6.67. The van der Waals surface area contributed by atoms with Crippen molar-refractivity contribution in [3.63, 3.8) is 0 Å². The molecule has 1 aliphatic heterocycles. The van der Waals surface area contributed by atoms with Gasteiger partial charge in [-0.1, -0.05) is 72.8 Å². The van der Waals surface area contributed by atoms with Crippen LogP contribution in [0.4, 0.5) is 17.1 Å². The van der Waals surface area contributed by atoms with Crippen molar-refractivity contribution in [1.82, 2.24) is 0 Å². The first-order valence-electron chi connectivity index (χ1n) is 12.2. The van der Waals surface area contributed by atoms with Crippen LogP contribution in [-0.2, 0) is 5.41 Å². The molecule has 3 nitrogen and oxygen atoms in total. The van der Waals surface area contributed by atoms with Crippen LogP contribution in [0, 0.1) is 28.6 Å². The average molecular weight is 460 g/mol. The Labute approximate surface area is 210 Å². The van der Waals surface area contributed by atoms with Gasteiger partial charge in [0.15, 0.2) is 0 Å². The molecule has 3 aliphatic rings. The molecule has 0 saturated carbocycles. The number of hydrogen-bond donors (Lipinski definition) is 0. The zero-order valence-corrected chi connectivity index (χ0v) is 19.5. The van der Waals surface area contributed by atoms with Gasteiger partial charge in [-0.3, -0.25) is 0 Å². The average Bonchev–Trinajstić information content (AvgIpc) is 3.23. The predicted molar refractivity (Wildman–Crippen MR) is 141 cm³/mol. The monoisotopic (exact) mass is 459 g/mol. The summed E-state index contributed by atoms with van der Waals surface area (Å²) in [5.74, 6) is 0.135. The Bertz CT molecular complexity index is 1630. The van der Waals surface area contributed by atoms with Crippen molar-refractivity contribution in [3.05, 3.63) is 149 Å². The minimum atomic E-state index is -0.530. The maximum atomic E-state index is 9.86. The van der Waals surface area contributed by atoms with E-state index in [1.165, 1.54) is 16.7 Å². The molecule has 36 heavy (non-hydrogen) atoms. The third kappa shape index (κ3) is 2.55. The van der Waals surface area contributed by atoms with E-state index in [0.29, 0.717) is 11.1 Å². The van der Waals surface area contributed by atoms with Crippen molar-refractivity contribution in [1.29, 1.82) is 10.5 Å². The van der Waals surface area contributed by atoms with Crippen LogP contribution in [0.1, 0.15) is 33.7 Å². The first-order valence-corrected chi connectivity index (χ1v) is 12.2. The van der Waals surface area contributed by atoms with E-state index in [-0.39, 0.29) is 11.8 Å². The molecule has 3 heteroatoms. The van der Waals surface area contributed by atoms with E-state index < -0.39 is 5.41 Å². The normalized spacial score (nSPS) is 19.8. The highest BCUT2D eigenvalue weighted by atomic mass is 15.2. The van der Waals surface area contributed by atoms with Gasteiger partial charge in [0.1, 0.15) is 0 Å². The molecular weight excluding hydrogens is 438 g/mol. The number of para-hydroxylation sites is 3. The van der Waals surface area contributed by atoms with E-state index in [9.17, 15) is 10.5 Å². The van der Waals surface area contributed by atoms with Crippen LogP contribution in [0.5, 0.6) is 0 Å². The topological polar surface area (TPSA) is 50.8 Å². The lowest BCUT2D eigenvalue weighted by molar-refractivity contribution is 0.452. The number of allylic oxidation sites excluding steroid dienone is 4. The number of hydrogen-bond acceptors (Lipinski definition) is 3. The van der Waals surface area contributed by atoms with Gasteiger partial charge >= 0.3 is 0 Å². The van der Waals surface area contributed by atoms with Crippen molar-refractivity contribution >= 4 is 17.1 Å². The van der Waals surface area contributed by atoms with Crippen LogP contribution in [0.3, 0.4) is 0 Å². The number of nitriles is 2. The minimum Gasteiger partial charge on any atom is -0.310 e. The molecule has 0 N–H and O–H groups in total. The van der Waals surface area contributed by atoms with Crippen molar-refractivity contribution in [2.45, 2.75) is 11.3 Å². The van der Waals surface area contributed by atoms with Crippen molar-refractivity contribution in [2.24, 2.45) is 5.92 Å². The quantitative estimate of drug-likeness (QED) is 0.298. The zero-order chi connectivity index (χ0) is 24.3. The molecule has 2 atom stereocenters. The minimum absolute atomic E-state index is 0.0151. The van der Waals surface area contributed by atoms with Gasteiger partial charge in [0.05, 0.1) is 34.5 Å². The van der Waals surface area contributed by atoms with Crippen LogP contribution in [0.15, 0.2) is 121 Å². The van der Waals surface area contributed by atoms with Gasteiger partial charge in [-0.25, -0.2) is 0 Å². The van der Waals surface area contributed by atoms with Crippen LogP contribution < -0.4 is 4.90 Å². The maximum absolute atomic E-state index is 9.86. The van der Waals surface area contributed by atoms with Crippen molar-refractivity contribution in [3.8, 4) is 12.1 Å². The molecule has 2 unspecified atom stereocenters. The fourth-order valence-electron chi connectivity index (χ4n) is 6.67. The van der Waals surface area contributed by atoms with E-state index in [1.807, 2.05) is 18.2 Å². The molecule has 168 valence electrons. The molecule has 2 aliphatic carbocycles. The van der Waals surface area contributed by atoms with Crippen molar-refractivity contribution < 1.29 is 0 Å². The van der Waals surface area contributed by atoms with Gasteiger partial charge in [-0.2, -0.15) is 10.5 Å². The molecule has 4 aromatic rings. The standard InChI is InChI=1S/C33H21N3/c34-20-22-14-16-25-26-17-15-23(21-35)19-30(26)33(29(25)18-22)27-10-4-6-12-31(27)36(24-8-2-1-3-9-24)32-13-7-5-11-28(32)33/h1-19,25,29H. The lowest BCUT2D eigenvalue weighted by Crippen LogP contribution is -2.40. The first kappa shape index (κ1) is 20.5. The van der Waals surface area contributed by atoms with E-state index in [1.54, 1.807) is 0 Å². The Kier molecular flexibility index (Phi) is 4.31. The van der Waals surface area contributed by atoms with E-state index in [4.69, 9.17) is 0 Å². The zero-order valence-electron chi connectivity index (χ0n) is 19.5. The second kappa shape index (κ2) is 7.57. The summed E-state index contributed by atoms with van der Waals surface area (Å²) < 4.78 is 0. The summed E-state index contributed by atoms with van der Waals surface area (Å²) in [6, 6.07) is 38.5. The van der Waals surface area contributed by atoms with E-state index >= 15 is 0 Å². The molecule has 0 fully saturated rings. The number of rotatable bonds is 1. The largest absolute Gasteiger partial charge is 0.310 e.